The van der Waals surface area contributed by atoms with Crippen LogP contribution in [0.15, 0.2) is 12.3 Å². The Morgan fingerprint density at radius 3 is 2.74 bits per heavy atom. The fourth-order valence-corrected chi connectivity index (χ4v) is 2.59. The van der Waals surface area contributed by atoms with Crippen molar-refractivity contribution in [3.8, 4) is 0 Å². The molecule has 0 aliphatic carbocycles. The Balaban J connectivity index is 1.89. The van der Waals surface area contributed by atoms with Gasteiger partial charge in [0.1, 0.15) is 0 Å². The van der Waals surface area contributed by atoms with Crippen LogP contribution < -0.4 is 0 Å². The number of aryl methyl sites for hydroxylation is 1. The zero-order valence-corrected chi connectivity index (χ0v) is 11.1. The summed E-state index contributed by atoms with van der Waals surface area (Å²) in [6.45, 7) is 3.67. The van der Waals surface area contributed by atoms with Gasteiger partial charge in [0.05, 0.1) is 5.56 Å². The van der Waals surface area contributed by atoms with E-state index in [-0.39, 0.29) is 5.91 Å². The number of fused-ring (bicyclic) bond motifs is 1. The van der Waals surface area contributed by atoms with Gasteiger partial charge < -0.3 is 4.90 Å². The summed E-state index contributed by atoms with van der Waals surface area (Å²) in [4.78, 5) is 18.7. The molecule has 0 bridgehead atoms. The molecule has 0 aromatic carbocycles. The zero-order chi connectivity index (χ0) is 13.2. The largest absolute Gasteiger partial charge is 0.339 e. The number of carbonyl (C=O) groups excluding carboxylic acids is 1. The molecule has 0 spiro atoms. The van der Waals surface area contributed by atoms with Crippen LogP contribution >= 0.6 is 0 Å². The van der Waals surface area contributed by atoms with Crippen LogP contribution in [-0.4, -0.2) is 39.1 Å². The number of aromatic nitrogens is 3. The zero-order valence-electron chi connectivity index (χ0n) is 11.1. The molecular weight excluding hydrogens is 240 g/mol. The van der Waals surface area contributed by atoms with E-state index in [2.05, 4.69) is 15.2 Å². The molecule has 1 fully saturated rings. The standard InChI is InChI=1S/C14H18N4O/c1-10-12-8-11(9-15-13(12)17-16-10)14(19)18-6-4-2-3-5-7-18/h8-9H,2-7H2,1H3,(H,15,16,17). The Morgan fingerprint density at radius 2 is 2.00 bits per heavy atom. The highest BCUT2D eigenvalue weighted by molar-refractivity contribution is 5.97. The van der Waals surface area contributed by atoms with Crippen LogP contribution in [0.4, 0.5) is 0 Å². The van der Waals surface area contributed by atoms with Gasteiger partial charge in [0.15, 0.2) is 5.65 Å². The fourth-order valence-electron chi connectivity index (χ4n) is 2.59. The lowest BCUT2D eigenvalue weighted by Gasteiger charge is -2.20. The first-order chi connectivity index (χ1) is 9.25. The van der Waals surface area contributed by atoms with Crippen LogP contribution in [0.25, 0.3) is 11.0 Å². The average molecular weight is 258 g/mol. The van der Waals surface area contributed by atoms with Gasteiger partial charge in [-0.1, -0.05) is 12.8 Å². The van der Waals surface area contributed by atoms with Crippen LogP contribution in [0.1, 0.15) is 41.7 Å². The molecule has 1 saturated heterocycles. The van der Waals surface area contributed by atoms with Gasteiger partial charge in [0.2, 0.25) is 0 Å². The van der Waals surface area contributed by atoms with Gasteiger partial charge in [0, 0.05) is 30.4 Å². The van der Waals surface area contributed by atoms with E-state index in [1.54, 1.807) is 6.20 Å². The molecule has 1 aliphatic rings. The van der Waals surface area contributed by atoms with E-state index in [9.17, 15) is 4.79 Å². The predicted octanol–water partition coefficient (Wildman–Crippen LogP) is 2.28. The summed E-state index contributed by atoms with van der Waals surface area (Å²) >= 11 is 0. The third-order valence-electron chi connectivity index (χ3n) is 3.74. The molecule has 0 saturated carbocycles. The Kier molecular flexibility index (Phi) is 3.19. The third kappa shape index (κ3) is 2.32. The summed E-state index contributed by atoms with van der Waals surface area (Å²) in [7, 11) is 0. The molecule has 2 aromatic heterocycles. The third-order valence-corrected chi connectivity index (χ3v) is 3.74. The number of rotatable bonds is 1. The lowest BCUT2D eigenvalue weighted by molar-refractivity contribution is 0.0761. The van der Waals surface area contributed by atoms with Crippen LogP contribution in [0.2, 0.25) is 0 Å². The maximum Gasteiger partial charge on any atom is 0.255 e. The van der Waals surface area contributed by atoms with Gasteiger partial charge in [-0.25, -0.2) is 4.98 Å². The number of aromatic amines is 1. The summed E-state index contributed by atoms with van der Waals surface area (Å²) in [6, 6.07) is 1.90. The molecule has 5 nitrogen and oxygen atoms in total. The first-order valence-electron chi connectivity index (χ1n) is 6.86. The smallest absolute Gasteiger partial charge is 0.255 e. The number of likely N-dealkylation sites (tertiary alicyclic amines) is 1. The highest BCUT2D eigenvalue weighted by Gasteiger charge is 2.18. The van der Waals surface area contributed by atoms with Crippen molar-refractivity contribution in [2.75, 3.05) is 13.1 Å². The van der Waals surface area contributed by atoms with Gasteiger partial charge in [0.25, 0.3) is 5.91 Å². The monoisotopic (exact) mass is 258 g/mol. The number of nitrogens with zero attached hydrogens (tertiary/aromatic N) is 3. The van der Waals surface area contributed by atoms with Gasteiger partial charge in [-0.05, 0) is 25.8 Å². The maximum absolute atomic E-state index is 12.5. The summed E-state index contributed by atoms with van der Waals surface area (Å²) in [5.41, 5.74) is 2.29. The number of H-pyrrole nitrogens is 1. The van der Waals surface area contributed by atoms with Crippen molar-refractivity contribution in [1.29, 1.82) is 0 Å². The van der Waals surface area contributed by atoms with Crippen molar-refractivity contribution in [3.63, 3.8) is 0 Å². The SMILES string of the molecule is Cc1[nH]nc2ncc(C(=O)N3CCCCCC3)cc12. The number of hydrogen-bond acceptors (Lipinski definition) is 3. The van der Waals surface area contributed by atoms with E-state index >= 15 is 0 Å². The number of amides is 1. The van der Waals surface area contributed by atoms with Crippen molar-refractivity contribution < 1.29 is 4.79 Å². The van der Waals surface area contributed by atoms with E-state index in [4.69, 9.17) is 0 Å². The van der Waals surface area contributed by atoms with Gasteiger partial charge in [-0.2, -0.15) is 5.10 Å². The minimum Gasteiger partial charge on any atom is -0.339 e. The Morgan fingerprint density at radius 1 is 1.26 bits per heavy atom. The minimum atomic E-state index is 0.0944. The maximum atomic E-state index is 12.5. The van der Waals surface area contributed by atoms with Crippen molar-refractivity contribution >= 4 is 16.9 Å². The highest BCUT2D eigenvalue weighted by atomic mass is 16.2. The minimum absolute atomic E-state index is 0.0944. The second-order valence-corrected chi connectivity index (χ2v) is 5.15. The highest BCUT2D eigenvalue weighted by Crippen LogP contribution is 2.17. The number of pyridine rings is 1. The van der Waals surface area contributed by atoms with Crippen LogP contribution in [-0.2, 0) is 0 Å². The molecule has 0 unspecified atom stereocenters. The molecule has 0 atom stereocenters. The Hall–Kier alpha value is -1.91. The number of nitrogens with one attached hydrogen (secondary N) is 1. The molecule has 3 rings (SSSR count). The topological polar surface area (TPSA) is 61.9 Å². The van der Waals surface area contributed by atoms with E-state index < -0.39 is 0 Å². The Bertz CT molecular complexity index is 597. The van der Waals surface area contributed by atoms with Crippen molar-refractivity contribution in [2.24, 2.45) is 0 Å². The van der Waals surface area contributed by atoms with E-state index in [0.717, 1.165) is 37.0 Å². The molecule has 1 aliphatic heterocycles. The van der Waals surface area contributed by atoms with Crippen LogP contribution in [0.3, 0.4) is 0 Å². The second kappa shape index (κ2) is 4.99. The quantitative estimate of drug-likeness (QED) is 0.853. The predicted molar refractivity (Wildman–Crippen MR) is 73.0 cm³/mol. The molecule has 2 aromatic rings. The normalized spacial score (nSPS) is 16.6. The van der Waals surface area contributed by atoms with E-state index in [1.807, 2.05) is 17.9 Å². The first kappa shape index (κ1) is 12.1. The number of carbonyl (C=O) groups is 1. The molecular formula is C14H18N4O. The van der Waals surface area contributed by atoms with E-state index in [1.165, 1.54) is 12.8 Å². The lowest BCUT2D eigenvalue weighted by atomic mass is 10.2. The summed E-state index contributed by atoms with van der Waals surface area (Å²) in [5, 5.41) is 7.91. The molecule has 1 N–H and O–H groups in total. The van der Waals surface area contributed by atoms with Gasteiger partial charge >= 0.3 is 0 Å². The van der Waals surface area contributed by atoms with Crippen molar-refractivity contribution in [2.45, 2.75) is 32.6 Å². The van der Waals surface area contributed by atoms with Crippen molar-refractivity contribution in [3.05, 3.63) is 23.5 Å². The summed E-state index contributed by atoms with van der Waals surface area (Å²) in [5.74, 6) is 0.0944. The molecule has 0 radical (unpaired) electrons. The molecule has 5 heteroatoms. The summed E-state index contributed by atoms with van der Waals surface area (Å²) < 4.78 is 0. The van der Waals surface area contributed by atoms with Crippen molar-refractivity contribution in [1.82, 2.24) is 20.1 Å². The fraction of sp³-hybridized carbons (Fsp3) is 0.500. The molecule has 100 valence electrons. The summed E-state index contributed by atoms with van der Waals surface area (Å²) in [6.07, 6.45) is 6.29. The van der Waals surface area contributed by atoms with Gasteiger partial charge in [-0.15, -0.1) is 0 Å². The van der Waals surface area contributed by atoms with E-state index in [0.29, 0.717) is 11.2 Å². The van der Waals surface area contributed by atoms with Crippen LogP contribution in [0.5, 0.6) is 0 Å². The first-order valence-corrected chi connectivity index (χ1v) is 6.86. The second-order valence-electron chi connectivity index (χ2n) is 5.15. The average Bonchev–Trinajstić information content (AvgIpc) is 2.67. The lowest BCUT2D eigenvalue weighted by Crippen LogP contribution is -2.31. The van der Waals surface area contributed by atoms with Gasteiger partial charge in [-0.3, -0.25) is 9.89 Å². The van der Waals surface area contributed by atoms with Crippen LogP contribution in [0, 0.1) is 6.92 Å². The molecule has 1 amide bonds. The Labute approximate surface area is 112 Å². The molecule has 3 heterocycles. The number of hydrogen-bond donors (Lipinski definition) is 1. The molecule has 19 heavy (non-hydrogen) atoms.